The number of carbonyl (C=O) groups is 1. The number of hydrogen-bond donors (Lipinski definition) is 0. The van der Waals surface area contributed by atoms with Crippen molar-refractivity contribution in [1.82, 2.24) is 9.78 Å². The Morgan fingerprint density at radius 3 is 2.79 bits per heavy atom. The van der Waals surface area contributed by atoms with Gasteiger partial charge in [-0.3, -0.25) is 9.48 Å². The fraction of sp³-hybridized carbons (Fsp3) is 0.286. The van der Waals surface area contributed by atoms with Crippen LogP contribution in [0.3, 0.4) is 0 Å². The van der Waals surface area contributed by atoms with Crippen LogP contribution >= 0.6 is 11.6 Å². The molecule has 100 valence electrons. The van der Waals surface area contributed by atoms with Crippen LogP contribution in [0.25, 0.3) is 0 Å². The Bertz CT molecular complexity index is 607. The normalized spacial score (nSPS) is 11.0. The van der Waals surface area contributed by atoms with E-state index in [1.165, 1.54) is 18.2 Å². The number of benzene rings is 1. The molecule has 0 unspecified atom stereocenters. The van der Waals surface area contributed by atoms with Gasteiger partial charge in [-0.25, -0.2) is 4.39 Å². The summed E-state index contributed by atoms with van der Waals surface area (Å²) in [6.07, 6.45) is 1.87. The Kier molecular flexibility index (Phi) is 4.00. The lowest BCUT2D eigenvalue weighted by Crippen LogP contribution is -2.08. The van der Waals surface area contributed by atoms with E-state index in [-0.39, 0.29) is 23.8 Å². The van der Waals surface area contributed by atoms with Crippen LogP contribution in [0.15, 0.2) is 30.5 Å². The molecule has 1 aromatic carbocycles. The summed E-state index contributed by atoms with van der Waals surface area (Å²) in [5.41, 5.74) is 0.629. The largest absolute Gasteiger partial charge is 0.294 e. The number of halogens is 2. The molecule has 0 fully saturated rings. The van der Waals surface area contributed by atoms with Gasteiger partial charge in [0.05, 0.1) is 17.7 Å². The van der Waals surface area contributed by atoms with Crippen molar-refractivity contribution in [3.8, 4) is 0 Å². The lowest BCUT2D eigenvalue weighted by Gasteiger charge is -2.04. The highest BCUT2D eigenvalue weighted by molar-refractivity contribution is 6.31. The molecular formula is C14H14ClFN2O. The smallest absolute Gasteiger partial charge is 0.171 e. The molecule has 1 aromatic heterocycles. The predicted octanol–water partition coefficient (Wildman–Crippen LogP) is 3.68. The molecule has 0 saturated heterocycles. The molecule has 0 aliphatic carbocycles. The monoisotopic (exact) mass is 280 g/mol. The molecule has 0 amide bonds. The third-order valence-electron chi connectivity index (χ3n) is 2.76. The molecule has 2 aromatic rings. The van der Waals surface area contributed by atoms with Gasteiger partial charge in [-0.2, -0.15) is 5.10 Å². The van der Waals surface area contributed by atoms with Crippen molar-refractivity contribution in [2.75, 3.05) is 0 Å². The van der Waals surface area contributed by atoms with E-state index in [0.29, 0.717) is 10.7 Å². The average molecular weight is 281 g/mol. The SMILES string of the molecule is CC(C)n1ccc(CC(=O)c2cc(Cl)ccc2F)n1. The van der Waals surface area contributed by atoms with E-state index in [9.17, 15) is 9.18 Å². The van der Waals surface area contributed by atoms with Gasteiger partial charge in [0.1, 0.15) is 5.82 Å². The third-order valence-corrected chi connectivity index (χ3v) is 3.00. The first-order valence-corrected chi connectivity index (χ1v) is 6.37. The van der Waals surface area contributed by atoms with Gasteiger partial charge in [0, 0.05) is 17.3 Å². The molecule has 3 nitrogen and oxygen atoms in total. The fourth-order valence-electron chi connectivity index (χ4n) is 1.73. The van der Waals surface area contributed by atoms with Gasteiger partial charge < -0.3 is 0 Å². The molecule has 0 bridgehead atoms. The summed E-state index contributed by atoms with van der Waals surface area (Å²) >= 11 is 5.77. The van der Waals surface area contributed by atoms with E-state index in [1.807, 2.05) is 20.0 Å². The number of nitrogens with zero attached hydrogens (tertiary/aromatic N) is 2. The molecule has 0 radical (unpaired) electrons. The van der Waals surface area contributed by atoms with Gasteiger partial charge >= 0.3 is 0 Å². The maximum Gasteiger partial charge on any atom is 0.171 e. The molecule has 2 rings (SSSR count). The number of ketones is 1. The Morgan fingerprint density at radius 2 is 2.16 bits per heavy atom. The van der Waals surface area contributed by atoms with E-state index in [4.69, 9.17) is 11.6 Å². The van der Waals surface area contributed by atoms with Crippen molar-refractivity contribution >= 4 is 17.4 Å². The van der Waals surface area contributed by atoms with Crippen molar-refractivity contribution in [1.29, 1.82) is 0 Å². The second-order valence-corrected chi connectivity index (χ2v) is 5.04. The van der Waals surface area contributed by atoms with E-state index in [1.54, 1.807) is 10.7 Å². The minimum absolute atomic E-state index is 0.00611. The number of hydrogen-bond acceptors (Lipinski definition) is 2. The number of Topliss-reactive ketones (excluding diaryl/α,β-unsaturated/α-hetero) is 1. The first-order valence-electron chi connectivity index (χ1n) is 5.99. The molecule has 0 atom stereocenters. The Hall–Kier alpha value is -1.68. The highest BCUT2D eigenvalue weighted by Crippen LogP contribution is 2.17. The molecule has 1 heterocycles. The quantitative estimate of drug-likeness (QED) is 0.801. The van der Waals surface area contributed by atoms with Gasteiger partial charge in [-0.15, -0.1) is 0 Å². The molecule has 0 aliphatic rings. The standard InChI is InChI=1S/C14H14ClFN2O/c1-9(2)18-6-5-11(17-18)8-14(19)12-7-10(15)3-4-13(12)16/h3-7,9H,8H2,1-2H3. The summed E-state index contributed by atoms with van der Waals surface area (Å²) in [4.78, 5) is 12.0. The van der Waals surface area contributed by atoms with Crippen LogP contribution in [0, 0.1) is 5.82 Å². The van der Waals surface area contributed by atoms with Gasteiger partial charge in [-0.05, 0) is 38.1 Å². The van der Waals surface area contributed by atoms with Crippen LogP contribution in [0.2, 0.25) is 5.02 Å². The topological polar surface area (TPSA) is 34.9 Å². The lowest BCUT2D eigenvalue weighted by atomic mass is 10.1. The van der Waals surface area contributed by atoms with Crippen molar-refractivity contribution < 1.29 is 9.18 Å². The zero-order valence-electron chi connectivity index (χ0n) is 10.7. The molecule has 0 spiro atoms. The van der Waals surface area contributed by atoms with Gasteiger partial charge in [0.25, 0.3) is 0 Å². The van der Waals surface area contributed by atoms with E-state index in [2.05, 4.69) is 5.10 Å². The molecular weight excluding hydrogens is 267 g/mol. The zero-order chi connectivity index (χ0) is 14.0. The Labute approximate surface area is 116 Å². The van der Waals surface area contributed by atoms with Crippen molar-refractivity contribution in [3.05, 3.63) is 52.6 Å². The highest BCUT2D eigenvalue weighted by Gasteiger charge is 2.14. The summed E-state index contributed by atoms with van der Waals surface area (Å²) in [6.45, 7) is 3.99. The minimum atomic E-state index is -0.558. The van der Waals surface area contributed by atoms with Crippen LogP contribution in [0.1, 0.15) is 35.9 Å². The molecule has 5 heteroatoms. The summed E-state index contributed by atoms with van der Waals surface area (Å²) < 4.78 is 15.3. The summed E-state index contributed by atoms with van der Waals surface area (Å²) in [6, 6.07) is 5.95. The summed E-state index contributed by atoms with van der Waals surface area (Å²) in [5, 5.41) is 4.61. The van der Waals surface area contributed by atoms with E-state index < -0.39 is 5.82 Å². The number of carbonyl (C=O) groups excluding carboxylic acids is 1. The zero-order valence-corrected chi connectivity index (χ0v) is 11.5. The maximum absolute atomic E-state index is 13.6. The minimum Gasteiger partial charge on any atom is -0.294 e. The fourth-order valence-corrected chi connectivity index (χ4v) is 1.90. The van der Waals surface area contributed by atoms with Crippen LogP contribution in [-0.4, -0.2) is 15.6 Å². The Balaban J connectivity index is 2.18. The molecule has 0 saturated carbocycles. The van der Waals surface area contributed by atoms with Gasteiger partial charge in [-0.1, -0.05) is 11.6 Å². The van der Waals surface area contributed by atoms with Gasteiger partial charge in [0.2, 0.25) is 0 Å². The van der Waals surface area contributed by atoms with Crippen LogP contribution in [0.5, 0.6) is 0 Å². The van der Waals surface area contributed by atoms with Crippen molar-refractivity contribution in [2.45, 2.75) is 26.3 Å². The number of rotatable bonds is 4. The summed E-state index contributed by atoms with van der Waals surface area (Å²) in [5.74, 6) is -0.883. The van der Waals surface area contributed by atoms with Gasteiger partial charge in [0.15, 0.2) is 5.78 Å². The van der Waals surface area contributed by atoms with E-state index in [0.717, 1.165) is 0 Å². The van der Waals surface area contributed by atoms with Crippen LogP contribution in [-0.2, 0) is 6.42 Å². The number of aromatic nitrogens is 2. The second-order valence-electron chi connectivity index (χ2n) is 4.60. The first kappa shape index (κ1) is 13.7. The second kappa shape index (κ2) is 5.53. The van der Waals surface area contributed by atoms with Crippen molar-refractivity contribution in [2.24, 2.45) is 0 Å². The van der Waals surface area contributed by atoms with E-state index >= 15 is 0 Å². The highest BCUT2D eigenvalue weighted by atomic mass is 35.5. The Morgan fingerprint density at radius 1 is 1.42 bits per heavy atom. The third kappa shape index (κ3) is 3.20. The maximum atomic E-state index is 13.6. The molecule has 0 aliphatic heterocycles. The van der Waals surface area contributed by atoms with Crippen molar-refractivity contribution in [3.63, 3.8) is 0 Å². The first-order chi connectivity index (χ1) is 8.97. The average Bonchev–Trinajstić information content (AvgIpc) is 2.80. The van der Waals surface area contributed by atoms with Crippen LogP contribution < -0.4 is 0 Å². The lowest BCUT2D eigenvalue weighted by molar-refractivity contribution is 0.0988. The summed E-state index contributed by atoms with van der Waals surface area (Å²) in [7, 11) is 0. The molecule has 19 heavy (non-hydrogen) atoms. The molecule has 0 N–H and O–H groups in total. The predicted molar refractivity (Wildman–Crippen MR) is 72.1 cm³/mol. The van der Waals surface area contributed by atoms with Crippen LogP contribution in [0.4, 0.5) is 4.39 Å².